The van der Waals surface area contributed by atoms with Gasteiger partial charge >= 0.3 is 0 Å². The average molecular weight is 282 g/mol. The van der Waals surface area contributed by atoms with Crippen LogP contribution >= 0.6 is 11.6 Å². The average Bonchev–Trinajstić information content (AvgIpc) is 2.30. The lowest BCUT2D eigenvalue weighted by Gasteiger charge is -2.05. The SMILES string of the molecule is CS(=O)(=O)c1ccc(NC=C(C#N)C#N)c(Cl)c1. The summed E-state index contributed by atoms with van der Waals surface area (Å²) in [7, 11) is -3.32. The first kappa shape index (κ1) is 14.0. The molecule has 0 aliphatic heterocycles. The summed E-state index contributed by atoms with van der Waals surface area (Å²) in [5, 5.41) is 19.9. The van der Waals surface area contributed by atoms with Crippen molar-refractivity contribution in [3.8, 4) is 12.1 Å². The second-order valence-corrected chi connectivity index (χ2v) is 5.76. The van der Waals surface area contributed by atoms with Gasteiger partial charge in [-0.2, -0.15) is 10.5 Å². The van der Waals surface area contributed by atoms with Gasteiger partial charge in [-0.25, -0.2) is 8.42 Å². The molecule has 1 N–H and O–H groups in total. The van der Waals surface area contributed by atoms with Crippen molar-refractivity contribution in [3.63, 3.8) is 0 Å². The van der Waals surface area contributed by atoms with Gasteiger partial charge in [0.2, 0.25) is 0 Å². The summed E-state index contributed by atoms with van der Waals surface area (Å²) in [6, 6.07) is 7.49. The molecule has 0 amide bonds. The molecule has 0 saturated heterocycles. The molecule has 0 atom stereocenters. The third-order valence-corrected chi connectivity index (χ3v) is 3.40. The van der Waals surface area contributed by atoms with E-state index in [9.17, 15) is 8.42 Å². The van der Waals surface area contributed by atoms with Crippen LogP contribution in [0.15, 0.2) is 34.9 Å². The summed E-state index contributed by atoms with van der Waals surface area (Å²) in [5.41, 5.74) is 0.297. The molecule has 0 heterocycles. The lowest BCUT2D eigenvalue weighted by atomic mass is 10.3. The number of allylic oxidation sites excluding steroid dienone is 1. The van der Waals surface area contributed by atoms with E-state index in [2.05, 4.69) is 5.32 Å². The lowest BCUT2D eigenvalue weighted by molar-refractivity contribution is 0.602. The van der Waals surface area contributed by atoms with Crippen LogP contribution in [0.4, 0.5) is 5.69 Å². The minimum atomic E-state index is -3.32. The Bertz CT molecular complexity index is 665. The van der Waals surface area contributed by atoms with Gasteiger partial charge in [-0.15, -0.1) is 0 Å². The van der Waals surface area contributed by atoms with Gasteiger partial charge in [-0.1, -0.05) is 11.6 Å². The second kappa shape index (κ2) is 5.54. The Labute approximate surface area is 110 Å². The molecule has 0 saturated carbocycles. The minimum Gasteiger partial charge on any atom is -0.359 e. The van der Waals surface area contributed by atoms with E-state index in [1.807, 2.05) is 0 Å². The fourth-order valence-electron chi connectivity index (χ4n) is 1.08. The number of nitrogens with zero attached hydrogens (tertiary/aromatic N) is 2. The predicted molar refractivity (Wildman–Crippen MR) is 67.5 cm³/mol. The minimum absolute atomic E-state index is 0.0998. The summed E-state index contributed by atoms with van der Waals surface area (Å²) in [5.74, 6) is 0. The van der Waals surface area contributed by atoms with Crippen LogP contribution in [0.1, 0.15) is 0 Å². The first-order valence-corrected chi connectivity index (χ1v) is 6.92. The van der Waals surface area contributed by atoms with Crippen LogP contribution in [0.2, 0.25) is 5.02 Å². The number of nitrogens with one attached hydrogen (secondary N) is 1. The van der Waals surface area contributed by atoms with Gasteiger partial charge in [0.05, 0.1) is 15.6 Å². The summed E-state index contributed by atoms with van der Waals surface area (Å²) in [6.45, 7) is 0. The van der Waals surface area contributed by atoms with Crippen molar-refractivity contribution in [3.05, 3.63) is 35.0 Å². The summed E-state index contributed by atoms with van der Waals surface area (Å²) in [6.07, 6.45) is 2.27. The third kappa shape index (κ3) is 3.49. The standard InChI is InChI=1S/C11H8ClN3O2S/c1-18(16,17)9-2-3-11(10(12)4-9)15-7-8(5-13)6-14/h2-4,7,15H,1H3. The molecule has 1 aromatic carbocycles. The molecular formula is C11H8ClN3O2S. The van der Waals surface area contributed by atoms with Gasteiger partial charge in [0, 0.05) is 12.5 Å². The van der Waals surface area contributed by atoms with Crippen LogP contribution in [0, 0.1) is 22.7 Å². The highest BCUT2D eigenvalue weighted by molar-refractivity contribution is 7.90. The lowest BCUT2D eigenvalue weighted by Crippen LogP contribution is -1.98. The van der Waals surface area contributed by atoms with E-state index in [4.69, 9.17) is 22.1 Å². The van der Waals surface area contributed by atoms with Crippen molar-refractivity contribution in [2.45, 2.75) is 4.90 Å². The number of sulfone groups is 1. The smallest absolute Gasteiger partial charge is 0.175 e. The van der Waals surface area contributed by atoms with Crippen LogP contribution in [-0.4, -0.2) is 14.7 Å². The number of hydrogen-bond donors (Lipinski definition) is 1. The fourth-order valence-corrected chi connectivity index (χ4v) is 2.03. The van der Waals surface area contributed by atoms with Crippen LogP contribution in [0.3, 0.4) is 0 Å². The van der Waals surface area contributed by atoms with E-state index in [1.165, 1.54) is 24.4 Å². The third-order valence-electron chi connectivity index (χ3n) is 1.98. The predicted octanol–water partition coefficient (Wildman–Crippen LogP) is 2.09. The monoisotopic (exact) mass is 281 g/mol. The maximum Gasteiger partial charge on any atom is 0.175 e. The molecule has 0 aromatic heterocycles. The van der Waals surface area contributed by atoms with Crippen molar-refractivity contribution in [1.29, 1.82) is 10.5 Å². The highest BCUT2D eigenvalue weighted by Crippen LogP contribution is 2.25. The molecule has 0 spiro atoms. The maximum absolute atomic E-state index is 11.3. The molecule has 0 aliphatic carbocycles. The Morgan fingerprint density at radius 2 is 2.00 bits per heavy atom. The van der Waals surface area contributed by atoms with E-state index in [-0.39, 0.29) is 15.5 Å². The van der Waals surface area contributed by atoms with E-state index in [0.29, 0.717) is 5.69 Å². The molecule has 1 aromatic rings. The zero-order valence-corrected chi connectivity index (χ0v) is 10.9. The molecule has 7 heteroatoms. The molecule has 18 heavy (non-hydrogen) atoms. The first-order chi connectivity index (χ1) is 8.38. The van der Waals surface area contributed by atoms with Crippen LogP contribution < -0.4 is 5.32 Å². The Kier molecular flexibility index (Phi) is 4.33. The van der Waals surface area contributed by atoms with Gasteiger partial charge < -0.3 is 5.32 Å². The highest BCUT2D eigenvalue weighted by atomic mass is 35.5. The van der Waals surface area contributed by atoms with Crippen molar-refractivity contribution >= 4 is 27.1 Å². The molecule has 0 fully saturated rings. The molecule has 92 valence electrons. The van der Waals surface area contributed by atoms with Crippen LogP contribution in [-0.2, 0) is 9.84 Å². The van der Waals surface area contributed by atoms with Gasteiger partial charge in [0.15, 0.2) is 9.84 Å². The largest absolute Gasteiger partial charge is 0.359 e. The summed E-state index contributed by atoms with van der Waals surface area (Å²) >= 11 is 5.88. The van der Waals surface area contributed by atoms with E-state index >= 15 is 0 Å². The fraction of sp³-hybridized carbons (Fsp3) is 0.0909. The van der Waals surface area contributed by atoms with Crippen LogP contribution in [0.5, 0.6) is 0 Å². The number of nitriles is 2. The summed E-state index contributed by atoms with van der Waals surface area (Å²) in [4.78, 5) is 0.0998. The van der Waals surface area contributed by atoms with Gasteiger partial charge in [-0.3, -0.25) is 0 Å². The first-order valence-electron chi connectivity index (χ1n) is 4.65. The molecule has 5 nitrogen and oxygen atoms in total. The van der Waals surface area contributed by atoms with Crippen molar-refractivity contribution in [2.24, 2.45) is 0 Å². The number of hydrogen-bond acceptors (Lipinski definition) is 5. The topological polar surface area (TPSA) is 93.8 Å². The number of anilines is 1. The Hall–Kier alpha value is -2.02. The Morgan fingerprint density at radius 1 is 1.39 bits per heavy atom. The van der Waals surface area contributed by atoms with E-state index in [0.717, 1.165) is 6.26 Å². The van der Waals surface area contributed by atoms with Crippen LogP contribution in [0.25, 0.3) is 0 Å². The Balaban J connectivity index is 3.06. The zero-order chi connectivity index (χ0) is 13.8. The van der Waals surface area contributed by atoms with Crippen molar-refractivity contribution in [2.75, 3.05) is 11.6 Å². The van der Waals surface area contributed by atoms with E-state index in [1.54, 1.807) is 12.1 Å². The molecule has 0 bridgehead atoms. The van der Waals surface area contributed by atoms with Gasteiger partial charge in [-0.05, 0) is 18.2 Å². The second-order valence-electron chi connectivity index (χ2n) is 3.34. The Morgan fingerprint density at radius 3 is 2.44 bits per heavy atom. The number of halogens is 1. The number of rotatable bonds is 3. The normalized spacial score (nSPS) is 10.0. The molecular weight excluding hydrogens is 274 g/mol. The zero-order valence-electron chi connectivity index (χ0n) is 9.31. The molecule has 1 rings (SSSR count). The summed E-state index contributed by atoms with van der Waals surface area (Å²) < 4.78 is 22.6. The van der Waals surface area contributed by atoms with Crippen molar-refractivity contribution < 1.29 is 8.42 Å². The molecule has 0 unspecified atom stereocenters. The highest BCUT2D eigenvalue weighted by Gasteiger charge is 2.09. The van der Waals surface area contributed by atoms with E-state index < -0.39 is 9.84 Å². The molecule has 0 aliphatic rings. The molecule has 0 radical (unpaired) electrons. The quantitative estimate of drug-likeness (QED) is 0.856. The van der Waals surface area contributed by atoms with Gasteiger partial charge in [0.25, 0.3) is 0 Å². The number of benzene rings is 1. The maximum atomic E-state index is 11.3. The van der Waals surface area contributed by atoms with Gasteiger partial charge in [0.1, 0.15) is 17.7 Å². The van der Waals surface area contributed by atoms with Crippen molar-refractivity contribution in [1.82, 2.24) is 0 Å².